The van der Waals surface area contributed by atoms with Gasteiger partial charge in [-0.05, 0) is 23.8 Å². The molecule has 0 saturated carbocycles. The highest BCUT2D eigenvalue weighted by Gasteiger charge is 2.12. The summed E-state index contributed by atoms with van der Waals surface area (Å²) in [5, 5.41) is 8.93. The van der Waals surface area contributed by atoms with Gasteiger partial charge < -0.3 is 19.3 Å². The van der Waals surface area contributed by atoms with Gasteiger partial charge in [0.25, 0.3) is 0 Å². The number of carboxylic acid groups (broad SMARTS) is 1. The first-order valence-corrected chi connectivity index (χ1v) is 5.32. The van der Waals surface area contributed by atoms with E-state index in [-0.39, 0.29) is 0 Å². The molecule has 0 unspecified atom stereocenters. The van der Waals surface area contributed by atoms with Crippen LogP contribution in [0.3, 0.4) is 0 Å². The summed E-state index contributed by atoms with van der Waals surface area (Å²) in [5.41, 5.74) is 0.481. The summed E-state index contributed by atoms with van der Waals surface area (Å²) in [6.45, 7) is 1.13. The van der Waals surface area contributed by atoms with Crippen LogP contribution in [0.2, 0.25) is 0 Å². The first kappa shape index (κ1) is 14.6. The van der Waals surface area contributed by atoms with Gasteiger partial charge in [-0.1, -0.05) is 0 Å². The number of ether oxygens (including phenoxy) is 3. The maximum atomic E-state index is 10.9. The molecular weight excluding hydrogens is 252 g/mol. The molecule has 19 heavy (non-hydrogen) atoms. The molecule has 0 fully saturated rings. The summed E-state index contributed by atoms with van der Waals surface area (Å²) >= 11 is 0. The number of benzene rings is 1. The quantitative estimate of drug-likeness (QED) is 0.496. The average Bonchev–Trinajstić information content (AvgIpc) is 2.36. The highest BCUT2D eigenvalue weighted by atomic mass is 16.6. The summed E-state index contributed by atoms with van der Waals surface area (Å²) < 4.78 is 14.7. The van der Waals surface area contributed by atoms with E-state index in [4.69, 9.17) is 14.6 Å². The van der Waals surface area contributed by atoms with Crippen molar-refractivity contribution in [3.05, 3.63) is 29.5 Å². The Kier molecular flexibility index (Phi) is 4.93. The molecule has 102 valence electrons. The van der Waals surface area contributed by atoms with Crippen LogP contribution < -0.4 is 9.47 Å². The van der Waals surface area contributed by atoms with E-state index in [2.05, 4.69) is 4.74 Å². The number of methoxy groups -OCH3 is 2. The third kappa shape index (κ3) is 4.34. The molecule has 1 aromatic carbocycles. The predicted molar refractivity (Wildman–Crippen MR) is 66.9 cm³/mol. The van der Waals surface area contributed by atoms with Crippen molar-refractivity contribution >= 4 is 18.0 Å². The molecule has 6 heteroatoms. The zero-order valence-corrected chi connectivity index (χ0v) is 10.8. The van der Waals surface area contributed by atoms with Gasteiger partial charge in [0, 0.05) is 13.0 Å². The van der Waals surface area contributed by atoms with Gasteiger partial charge in [0.2, 0.25) is 5.76 Å². The van der Waals surface area contributed by atoms with Crippen LogP contribution in [-0.4, -0.2) is 31.3 Å². The van der Waals surface area contributed by atoms with Crippen molar-refractivity contribution in [3.63, 3.8) is 0 Å². The molecule has 0 aromatic heterocycles. The van der Waals surface area contributed by atoms with E-state index >= 15 is 0 Å². The van der Waals surface area contributed by atoms with Crippen molar-refractivity contribution < 1.29 is 28.9 Å². The summed E-state index contributed by atoms with van der Waals surface area (Å²) in [6, 6.07) is 4.83. The highest BCUT2D eigenvalue weighted by Crippen LogP contribution is 2.24. The Morgan fingerprint density at radius 2 is 1.63 bits per heavy atom. The fraction of sp³-hybridized carbons (Fsp3) is 0.231. The molecule has 0 aliphatic rings. The SMILES string of the molecule is COc1cc(C=C(OC(C)=O)C(=O)O)cc(OC)c1. The van der Waals surface area contributed by atoms with E-state index in [9.17, 15) is 9.59 Å². The standard InChI is InChI=1S/C13H14O6/c1-8(14)19-12(13(15)16)6-9-4-10(17-2)7-11(5-9)18-3/h4-7H,1-3H3,(H,15,16). The lowest BCUT2D eigenvalue weighted by Crippen LogP contribution is -2.08. The minimum atomic E-state index is -1.34. The Bertz CT molecular complexity index is 496. The fourth-order valence-corrected chi connectivity index (χ4v) is 1.35. The summed E-state index contributed by atoms with van der Waals surface area (Å²) in [5.74, 6) is -1.51. The second-order valence-electron chi connectivity index (χ2n) is 3.55. The van der Waals surface area contributed by atoms with Crippen molar-refractivity contribution in [2.75, 3.05) is 14.2 Å². The number of esters is 1. The van der Waals surface area contributed by atoms with Crippen LogP contribution in [-0.2, 0) is 14.3 Å². The molecule has 1 aromatic rings. The normalized spacial score (nSPS) is 10.8. The van der Waals surface area contributed by atoms with Gasteiger partial charge >= 0.3 is 11.9 Å². The van der Waals surface area contributed by atoms with Gasteiger partial charge in [0.1, 0.15) is 11.5 Å². The molecule has 6 nitrogen and oxygen atoms in total. The molecule has 0 saturated heterocycles. The Balaban J connectivity index is 3.19. The first-order valence-electron chi connectivity index (χ1n) is 5.32. The van der Waals surface area contributed by atoms with Crippen molar-refractivity contribution in [2.45, 2.75) is 6.92 Å². The smallest absolute Gasteiger partial charge is 0.371 e. The molecule has 1 rings (SSSR count). The number of hydrogen-bond donors (Lipinski definition) is 1. The lowest BCUT2D eigenvalue weighted by molar-refractivity contribution is -0.146. The van der Waals surface area contributed by atoms with E-state index in [1.807, 2.05) is 0 Å². The zero-order chi connectivity index (χ0) is 14.4. The molecule has 0 radical (unpaired) electrons. The average molecular weight is 266 g/mol. The molecule has 0 atom stereocenters. The minimum absolute atomic E-state index is 0.470. The largest absolute Gasteiger partial charge is 0.497 e. The topological polar surface area (TPSA) is 82.1 Å². The summed E-state index contributed by atoms with van der Waals surface area (Å²) in [7, 11) is 2.96. The van der Waals surface area contributed by atoms with Gasteiger partial charge in [0.15, 0.2) is 0 Å². The molecular formula is C13H14O6. The Morgan fingerprint density at radius 3 is 2.00 bits per heavy atom. The van der Waals surface area contributed by atoms with Crippen molar-refractivity contribution in [2.24, 2.45) is 0 Å². The van der Waals surface area contributed by atoms with E-state index < -0.39 is 17.7 Å². The summed E-state index contributed by atoms with van der Waals surface area (Å²) in [6.07, 6.45) is 1.22. The van der Waals surface area contributed by atoms with Gasteiger partial charge in [-0.3, -0.25) is 4.79 Å². The van der Waals surface area contributed by atoms with Crippen molar-refractivity contribution in [1.82, 2.24) is 0 Å². The zero-order valence-electron chi connectivity index (χ0n) is 10.8. The van der Waals surface area contributed by atoms with Crippen molar-refractivity contribution in [1.29, 1.82) is 0 Å². The molecule has 1 N–H and O–H groups in total. The number of rotatable bonds is 5. The van der Waals surface area contributed by atoms with Crippen LogP contribution in [0.4, 0.5) is 0 Å². The Labute approximate surface area is 110 Å². The molecule has 0 amide bonds. The maximum absolute atomic E-state index is 10.9. The van der Waals surface area contributed by atoms with Crippen molar-refractivity contribution in [3.8, 4) is 11.5 Å². The second kappa shape index (κ2) is 6.44. The monoisotopic (exact) mass is 266 g/mol. The number of hydrogen-bond acceptors (Lipinski definition) is 5. The molecule has 0 bridgehead atoms. The Hall–Kier alpha value is -2.50. The third-order valence-corrected chi connectivity index (χ3v) is 2.14. The number of carbonyl (C=O) groups is 2. The molecule has 0 heterocycles. The highest BCUT2D eigenvalue weighted by molar-refractivity contribution is 5.92. The van der Waals surface area contributed by atoms with Crippen LogP contribution >= 0.6 is 0 Å². The van der Waals surface area contributed by atoms with E-state index in [1.165, 1.54) is 20.3 Å². The third-order valence-electron chi connectivity index (χ3n) is 2.14. The molecule has 0 aliphatic heterocycles. The lowest BCUT2D eigenvalue weighted by atomic mass is 10.1. The van der Waals surface area contributed by atoms with Crippen LogP contribution in [0.15, 0.2) is 24.0 Å². The predicted octanol–water partition coefficient (Wildman–Crippen LogP) is 1.69. The van der Waals surface area contributed by atoms with Gasteiger partial charge in [0.05, 0.1) is 14.2 Å². The van der Waals surface area contributed by atoms with E-state index in [0.717, 1.165) is 6.92 Å². The van der Waals surface area contributed by atoms with Gasteiger partial charge in [-0.2, -0.15) is 0 Å². The first-order chi connectivity index (χ1) is 8.96. The summed E-state index contributed by atoms with van der Waals surface area (Å²) in [4.78, 5) is 21.8. The fourth-order valence-electron chi connectivity index (χ4n) is 1.35. The van der Waals surface area contributed by atoms with Crippen LogP contribution in [0.5, 0.6) is 11.5 Å². The van der Waals surface area contributed by atoms with Crippen LogP contribution in [0.25, 0.3) is 6.08 Å². The van der Waals surface area contributed by atoms with Crippen LogP contribution in [0, 0.1) is 0 Å². The number of carbonyl (C=O) groups excluding carboxylic acids is 1. The van der Waals surface area contributed by atoms with E-state index in [1.54, 1.807) is 18.2 Å². The van der Waals surface area contributed by atoms with E-state index in [0.29, 0.717) is 17.1 Å². The molecule has 0 spiro atoms. The lowest BCUT2D eigenvalue weighted by Gasteiger charge is -2.07. The van der Waals surface area contributed by atoms with Gasteiger partial charge in [-0.25, -0.2) is 4.79 Å². The molecule has 0 aliphatic carbocycles. The minimum Gasteiger partial charge on any atom is -0.497 e. The Morgan fingerprint density at radius 1 is 1.11 bits per heavy atom. The number of carboxylic acids is 1. The number of aliphatic carboxylic acids is 1. The maximum Gasteiger partial charge on any atom is 0.371 e. The second-order valence-corrected chi connectivity index (χ2v) is 3.55. The van der Waals surface area contributed by atoms with Crippen LogP contribution in [0.1, 0.15) is 12.5 Å². The van der Waals surface area contributed by atoms with Gasteiger partial charge in [-0.15, -0.1) is 0 Å².